The topological polar surface area (TPSA) is 67.6 Å². The van der Waals surface area contributed by atoms with Crippen molar-refractivity contribution in [2.45, 2.75) is 32.8 Å². The second-order valence-electron chi connectivity index (χ2n) is 5.27. The highest BCUT2D eigenvalue weighted by Gasteiger charge is 2.21. The number of nitrogens with one attached hydrogen (secondary N) is 1. The Morgan fingerprint density at radius 1 is 1.38 bits per heavy atom. The number of anilines is 2. The number of nitrogens with zero attached hydrogens (tertiary/aromatic N) is 1. The van der Waals surface area contributed by atoms with Crippen molar-refractivity contribution >= 4 is 17.3 Å². The molecule has 1 saturated heterocycles. The Kier molecular flexibility index (Phi) is 5.44. The van der Waals surface area contributed by atoms with Crippen LogP contribution in [0.15, 0.2) is 18.2 Å². The lowest BCUT2D eigenvalue weighted by molar-refractivity contribution is 0.0459. The van der Waals surface area contributed by atoms with Gasteiger partial charge in [-0.1, -0.05) is 0 Å². The van der Waals surface area contributed by atoms with Gasteiger partial charge in [0.25, 0.3) is 5.91 Å². The lowest BCUT2D eigenvalue weighted by Crippen LogP contribution is -2.37. The van der Waals surface area contributed by atoms with Gasteiger partial charge in [-0.05, 0) is 44.9 Å². The van der Waals surface area contributed by atoms with Gasteiger partial charge in [0.05, 0.1) is 17.5 Å². The SMILES string of the molecule is CCNC(=O)c1ccc(N2CCC(OCC)CC2)c(N)c1. The third-order valence-corrected chi connectivity index (χ3v) is 3.81. The number of piperidine rings is 1. The van der Waals surface area contributed by atoms with Gasteiger partial charge in [-0.3, -0.25) is 4.79 Å². The van der Waals surface area contributed by atoms with Crippen LogP contribution in [0.25, 0.3) is 0 Å². The second-order valence-corrected chi connectivity index (χ2v) is 5.27. The largest absolute Gasteiger partial charge is 0.397 e. The number of rotatable bonds is 5. The molecule has 0 spiro atoms. The number of ether oxygens (including phenoxy) is 1. The summed E-state index contributed by atoms with van der Waals surface area (Å²) >= 11 is 0. The number of nitrogen functional groups attached to an aromatic ring is 1. The molecule has 0 aromatic heterocycles. The van der Waals surface area contributed by atoms with Crippen LogP contribution in [-0.4, -0.2) is 38.3 Å². The number of carbonyl (C=O) groups excluding carboxylic acids is 1. The molecule has 0 saturated carbocycles. The molecule has 1 amide bonds. The van der Waals surface area contributed by atoms with E-state index in [1.54, 1.807) is 6.07 Å². The first kappa shape index (κ1) is 15.6. The summed E-state index contributed by atoms with van der Waals surface area (Å²) in [6.45, 7) is 7.20. The van der Waals surface area contributed by atoms with Gasteiger partial charge in [-0.15, -0.1) is 0 Å². The molecule has 5 heteroatoms. The Morgan fingerprint density at radius 2 is 2.10 bits per heavy atom. The molecule has 5 nitrogen and oxygen atoms in total. The molecule has 2 rings (SSSR count). The van der Waals surface area contributed by atoms with Gasteiger partial charge >= 0.3 is 0 Å². The Balaban J connectivity index is 2.03. The average Bonchev–Trinajstić information content (AvgIpc) is 2.49. The maximum Gasteiger partial charge on any atom is 0.251 e. The Labute approximate surface area is 126 Å². The molecule has 0 unspecified atom stereocenters. The summed E-state index contributed by atoms with van der Waals surface area (Å²) in [5.41, 5.74) is 8.41. The van der Waals surface area contributed by atoms with Crippen LogP contribution in [-0.2, 0) is 4.74 Å². The van der Waals surface area contributed by atoms with Gasteiger partial charge in [0.1, 0.15) is 0 Å². The fourth-order valence-corrected chi connectivity index (χ4v) is 2.75. The highest BCUT2D eigenvalue weighted by molar-refractivity contribution is 5.96. The maximum absolute atomic E-state index is 11.8. The summed E-state index contributed by atoms with van der Waals surface area (Å²) in [4.78, 5) is 14.1. The summed E-state index contributed by atoms with van der Waals surface area (Å²) in [5, 5.41) is 2.78. The number of carbonyl (C=O) groups is 1. The van der Waals surface area contributed by atoms with Crippen molar-refractivity contribution in [3.05, 3.63) is 23.8 Å². The number of hydrogen-bond donors (Lipinski definition) is 2. The molecule has 0 bridgehead atoms. The molecule has 3 N–H and O–H groups in total. The van der Waals surface area contributed by atoms with E-state index in [-0.39, 0.29) is 5.91 Å². The van der Waals surface area contributed by atoms with Crippen LogP contribution in [0.4, 0.5) is 11.4 Å². The molecular weight excluding hydrogens is 266 g/mol. The van der Waals surface area contributed by atoms with E-state index >= 15 is 0 Å². The Morgan fingerprint density at radius 3 is 2.67 bits per heavy atom. The monoisotopic (exact) mass is 291 g/mol. The molecule has 0 radical (unpaired) electrons. The maximum atomic E-state index is 11.8. The Hall–Kier alpha value is -1.75. The third-order valence-electron chi connectivity index (χ3n) is 3.81. The van der Waals surface area contributed by atoms with Gasteiger partial charge in [0.2, 0.25) is 0 Å². The summed E-state index contributed by atoms with van der Waals surface area (Å²) in [5.74, 6) is -0.0780. The van der Waals surface area contributed by atoms with E-state index < -0.39 is 0 Å². The molecule has 116 valence electrons. The van der Waals surface area contributed by atoms with Crippen molar-refractivity contribution in [1.82, 2.24) is 5.32 Å². The molecule has 1 aromatic rings. The first-order valence-corrected chi connectivity index (χ1v) is 7.70. The fraction of sp³-hybridized carbons (Fsp3) is 0.562. The van der Waals surface area contributed by atoms with E-state index in [4.69, 9.17) is 10.5 Å². The van der Waals surface area contributed by atoms with E-state index in [1.807, 2.05) is 26.0 Å². The summed E-state index contributed by atoms with van der Waals surface area (Å²) < 4.78 is 5.66. The minimum Gasteiger partial charge on any atom is -0.397 e. The lowest BCUT2D eigenvalue weighted by Gasteiger charge is -2.34. The van der Waals surface area contributed by atoms with E-state index in [0.717, 1.165) is 38.2 Å². The van der Waals surface area contributed by atoms with Crippen molar-refractivity contribution in [3.63, 3.8) is 0 Å². The van der Waals surface area contributed by atoms with Crippen molar-refractivity contribution < 1.29 is 9.53 Å². The second kappa shape index (κ2) is 7.31. The molecule has 1 aromatic carbocycles. The number of benzene rings is 1. The molecular formula is C16H25N3O2. The highest BCUT2D eigenvalue weighted by Crippen LogP contribution is 2.28. The Bertz CT molecular complexity index is 482. The van der Waals surface area contributed by atoms with Crippen LogP contribution in [0.2, 0.25) is 0 Å². The summed E-state index contributed by atoms with van der Waals surface area (Å²) in [6, 6.07) is 5.54. The molecule has 1 heterocycles. The molecule has 0 atom stereocenters. The minimum atomic E-state index is -0.0780. The normalized spacial score (nSPS) is 16.0. The molecule has 1 aliphatic heterocycles. The van der Waals surface area contributed by atoms with Gasteiger partial charge in [0, 0.05) is 31.8 Å². The first-order valence-electron chi connectivity index (χ1n) is 7.70. The third kappa shape index (κ3) is 3.88. The zero-order valence-electron chi connectivity index (χ0n) is 12.9. The molecule has 0 aliphatic carbocycles. The molecule has 1 aliphatic rings. The minimum absolute atomic E-state index is 0.0780. The molecule has 1 fully saturated rings. The predicted molar refractivity (Wildman–Crippen MR) is 85.7 cm³/mol. The van der Waals surface area contributed by atoms with Crippen molar-refractivity contribution in [3.8, 4) is 0 Å². The fourth-order valence-electron chi connectivity index (χ4n) is 2.75. The van der Waals surface area contributed by atoms with E-state index in [0.29, 0.717) is 23.9 Å². The van der Waals surface area contributed by atoms with Crippen LogP contribution in [0.5, 0.6) is 0 Å². The van der Waals surface area contributed by atoms with Crippen molar-refractivity contribution in [2.75, 3.05) is 36.9 Å². The zero-order valence-corrected chi connectivity index (χ0v) is 12.9. The number of nitrogens with two attached hydrogens (primary N) is 1. The summed E-state index contributed by atoms with van der Waals surface area (Å²) in [7, 11) is 0. The van der Waals surface area contributed by atoms with Gasteiger partial charge < -0.3 is 20.7 Å². The van der Waals surface area contributed by atoms with Gasteiger partial charge in [0.15, 0.2) is 0 Å². The molecule has 21 heavy (non-hydrogen) atoms. The first-order chi connectivity index (χ1) is 10.2. The van der Waals surface area contributed by atoms with Gasteiger partial charge in [-0.2, -0.15) is 0 Å². The predicted octanol–water partition coefficient (Wildman–Crippen LogP) is 2.02. The standard InChI is InChI=1S/C16H25N3O2/c1-3-18-16(20)12-5-6-15(14(17)11-12)19-9-7-13(8-10-19)21-4-2/h5-6,11,13H,3-4,7-10,17H2,1-2H3,(H,18,20). The van der Waals surface area contributed by atoms with Crippen LogP contribution in [0.1, 0.15) is 37.0 Å². The summed E-state index contributed by atoms with van der Waals surface area (Å²) in [6.07, 6.45) is 2.40. The number of hydrogen-bond acceptors (Lipinski definition) is 4. The van der Waals surface area contributed by atoms with Crippen molar-refractivity contribution in [1.29, 1.82) is 0 Å². The zero-order chi connectivity index (χ0) is 15.2. The average molecular weight is 291 g/mol. The lowest BCUT2D eigenvalue weighted by atomic mass is 10.1. The number of amides is 1. The van der Waals surface area contributed by atoms with Crippen molar-refractivity contribution in [2.24, 2.45) is 0 Å². The quantitative estimate of drug-likeness (QED) is 0.815. The van der Waals surface area contributed by atoms with Gasteiger partial charge in [-0.25, -0.2) is 0 Å². The smallest absolute Gasteiger partial charge is 0.251 e. The van der Waals surface area contributed by atoms with Crippen LogP contribution >= 0.6 is 0 Å². The van der Waals surface area contributed by atoms with E-state index in [1.165, 1.54) is 0 Å². The van der Waals surface area contributed by atoms with Crippen LogP contribution < -0.4 is 16.0 Å². The van der Waals surface area contributed by atoms with E-state index in [9.17, 15) is 4.79 Å². The van der Waals surface area contributed by atoms with Crippen LogP contribution in [0, 0.1) is 0 Å². The van der Waals surface area contributed by atoms with Crippen LogP contribution in [0.3, 0.4) is 0 Å². The van der Waals surface area contributed by atoms with E-state index in [2.05, 4.69) is 10.2 Å². The highest BCUT2D eigenvalue weighted by atomic mass is 16.5.